The van der Waals surface area contributed by atoms with E-state index in [1.807, 2.05) is 23.6 Å². The van der Waals surface area contributed by atoms with Gasteiger partial charge in [0, 0.05) is 0 Å². The zero-order valence-corrected chi connectivity index (χ0v) is 11.2. The second-order valence-corrected chi connectivity index (χ2v) is 4.85. The number of aromatic nitrogens is 3. The third-order valence-electron chi connectivity index (χ3n) is 2.76. The molecule has 0 saturated carbocycles. The second-order valence-electron chi connectivity index (χ2n) is 3.90. The number of carbonyl (C=O) groups is 1. The second kappa shape index (κ2) is 4.75. The fourth-order valence-electron chi connectivity index (χ4n) is 1.84. The predicted molar refractivity (Wildman–Crippen MR) is 72.4 cm³/mol. The van der Waals surface area contributed by atoms with Crippen LogP contribution in [0.4, 0.5) is 0 Å². The first-order valence-corrected chi connectivity index (χ1v) is 6.53. The van der Waals surface area contributed by atoms with Crippen molar-refractivity contribution in [1.29, 1.82) is 5.26 Å². The standard InChI is InChI=1S/C13H8N4O2S/c1-19-13(18)10-5-9(11-3-2-4-20-11)16-12-8(6-14)7-15-17(10)12/h2-5,7H,1H3. The van der Waals surface area contributed by atoms with Gasteiger partial charge in [-0.1, -0.05) is 6.07 Å². The number of methoxy groups -OCH3 is 1. The topological polar surface area (TPSA) is 80.3 Å². The number of rotatable bonds is 2. The highest BCUT2D eigenvalue weighted by atomic mass is 32.1. The number of carbonyl (C=O) groups excluding carboxylic acids is 1. The molecule has 3 aromatic heterocycles. The SMILES string of the molecule is COC(=O)c1cc(-c2cccs2)nc2c(C#N)cnn12. The van der Waals surface area contributed by atoms with Gasteiger partial charge in [0.2, 0.25) is 0 Å². The number of thiophene rings is 1. The number of fused-ring (bicyclic) bond motifs is 1. The molecule has 0 aliphatic rings. The van der Waals surface area contributed by atoms with Gasteiger partial charge < -0.3 is 4.74 Å². The van der Waals surface area contributed by atoms with Crippen LogP contribution in [0.1, 0.15) is 16.1 Å². The van der Waals surface area contributed by atoms with Gasteiger partial charge in [0.1, 0.15) is 11.6 Å². The van der Waals surface area contributed by atoms with Crippen molar-refractivity contribution in [2.75, 3.05) is 7.11 Å². The number of hydrogen-bond donors (Lipinski definition) is 0. The van der Waals surface area contributed by atoms with Crippen LogP contribution in [-0.2, 0) is 4.74 Å². The summed E-state index contributed by atoms with van der Waals surface area (Å²) in [6.07, 6.45) is 1.38. The van der Waals surface area contributed by atoms with E-state index in [1.165, 1.54) is 29.2 Å². The van der Waals surface area contributed by atoms with Gasteiger partial charge in [0.15, 0.2) is 11.3 Å². The summed E-state index contributed by atoms with van der Waals surface area (Å²) in [5.74, 6) is -0.525. The Kier molecular flexibility index (Phi) is 2.93. The molecule has 0 spiro atoms. The van der Waals surface area contributed by atoms with Gasteiger partial charge in [0.25, 0.3) is 0 Å². The molecule has 0 radical (unpaired) electrons. The van der Waals surface area contributed by atoms with Gasteiger partial charge in [0.05, 0.1) is 23.9 Å². The molecule has 3 rings (SSSR count). The highest BCUT2D eigenvalue weighted by molar-refractivity contribution is 7.13. The molecule has 0 bridgehead atoms. The van der Waals surface area contributed by atoms with Crippen LogP contribution in [0.25, 0.3) is 16.2 Å². The van der Waals surface area contributed by atoms with E-state index in [-0.39, 0.29) is 5.69 Å². The van der Waals surface area contributed by atoms with Gasteiger partial charge >= 0.3 is 5.97 Å². The molecule has 3 aromatic rings. The summed E-state index contributed by atoms with van der Waals surface area (Å²) >= 11 is 1.50. The van der Waals surface area contributed by atoms with Crippen molar-refractivity contribution < 1.29 is 9.53 Å². The number of ether oxygens (including phenoxy) is 1. The van der Waals surface area contributed by atoms with Gasteiger partial charge in [-0.2, -0.15) is 10.4 Å². The smallest absolute Gasteiger partial charge is 0.356 e. The molecule has 0 aliphatic carbocycles. The molecule has 0 aromatic carbocycles. The van der Waals surface area contributed by atoms with E-state index in [0.717, 1.165) is 4.88 Å². The van der Waals surface area contributed by atoms with Gasteiger partial charge in [-0.25, -0.2) is 14.3 Å². The summed E-state index contributed by atoms with van der Waals surface area (Å²) in [4.78, 5) is 17.2. The Morgan fingerprint density at radius 3 is 3.05 bits per heavy atom. The maximum atomic E-state index is 11.9. The summed E-state index contributed by atoms with van der Waals surface area (Å²) in [5, 5.41) is 15.0. The summed E-state index contributed by atoms with van der Waals surface area (Å²) in [5.41, 5.74) is 1.51. The maximum absolute atomic E-state index is 11.9. The highest BCUT2D eigenvalue weighted by Crippen LogP contribution is 2.25. The van der Waals surface area contributed by atoms with Gasteiger partial charge in [-0.3, -0.25) is 0 Å². The first-order chi connectivity index (χ1) is 9.74. The molecule has 0 fully saturated rings. The molecule has 0 saturated heterocycles. The van der Waals surface area contributed by atoms with Gasteiger partial charge in [-0.05, 0) is 17.5 Å². The van der Waals surface area contributed by atoms with E-state index in [1.54, 1.807) is 6.07 Å². The third-order valence-corrected chi connectivity index (χ3v) is 3.65. The van der Waals surface area contributed by atoms with Crippen molar-refractivity contribution in [3.8, 4) is 16.6 Å². The lowest BCUT2D eigenvalue weighted by Gasteiger charge is -2.05. The van der Waals surface area contributed by atoms with E-state index < -0.39 is 5.97 Å². The van der Waals surface area contributed by atoms with Crippen LogP contribution in [0.2, 0.25) is 0 Å². The molecule has 0 N–H and O–H groups in total. The lowest BCUT2D eigenvalue weighted by atomic mass is 10.2. The first-order valence-electron chi connectivity index (χ1n) is 5.65. The van der Waals surface area contributed by atoms with E-state index in [2.05, 4.69) is 10.1 Å². The lowest BCUT2D eigenvalue weighted by Crippen LogP contribution is -2.10. The van der Waals surface area contributed by atoms with Crippen molar-refractivity contribution >= 4 is 23.0 Å². The van der Waals surface area contributed by atoms with Crippen LogP contribution in [0.15, 0.2) is 29.8 Å². The predicted octanol–water partition coefficient (Wildman–Crippen LogP) is 2.12. The molecule has 7 heteroatoms. The van der Waals surface area contributed by atoms with Crippen molar-refractivity contribution in [2.24, 2.45) is 0 Å². The van der Waals surface area contributed by atoms with E-state index in [4.69, 9.17) is 10.00 Å². The Morgan fingerprint density at radius 2 is 2.40 bits per heavy atom. The number of esters is 1. The van der Waals surface area contributed by atoms with Crippen molar-refractivity contribution in [2.45, 2.75) is 0 Å². The molecule has 0 aliphatic heterocycles. The van der Waals surface area contributed by atoms with E-state index in [0.29, 0.717) is 16.9 Å². The average Bonchev–Trinajstić information content (AvgIpc) is 3.14. The summed E-state index contributed by atoms with van der Waals surface area (Å²) < 4.78 is 6.07. The van der Waals surface area contributed by atoms with E-state index in [9.17, 15) is 4.79 Å². The molecule has 20 heavy (non-hydrogen) atoms. The highest BCUT2D eigenvalue weighted by Gasteiger charge is 2.18. The van der Waals surface area contributed by atoms with Crippen LogP contribution >= 0.6 is 11.3 Å². The Bertz CT molecular complexity index is 830. The molecule has 0 atom stereocenters. The Hall–Kier alpha value is -2.72. The monoisotopic (exact) mass is 284 g/mol. The molecule has 98 valence electrons. The van der Waals surface area contributed by atoms with E-state index >= 15 is 0 Å². The fourth-order valence-corrected chi connectivity index (χ4v) is 2.53. The minimum atomic E-state index is -0.525. The maximum Gasteiger partial charge on any atom is 0.356 e. The average molecular weight is 284 g/mol. The molecular formula is C13H8N4O2S. The largest absolute Gasteiger partial charge is 0.464 e. The Labute approximate surface area is 117 Å². The molecule has 6 nitrogen and oxygen atoms in total. The van der Waals surface area contributed by atoms with Crippen molar-refractivity contribution in [3.63, 3.8) is 0 Å². The van der Waals surface area contributed by atoms with Crippen LogP contribution < -0.4 is 0 Å². The number of nitriles is 1. The van der Waals surface area contributed by atoms with Crippen LogP contribution in [0, 0.1) is 11.3 Å². The summed E-state index contributed by atoms with van der Waals surface area (Å²) in [6.45, 7) is 0. The van der Waals surface area contributed by atoms with Crippen molar-refractivity contribution in [3.05, 3.63) is 41.0 Å². The fraction of sp³-hybridized carbons (Fsp3) is 0.0769. The Balaban J connectivity index is 2.34. The molecular weight excluding hydrogens is 276 g/mol. The van der Waals surface area contributed by atoms with Crippen LogP contribution in [-0.4, -0.2) is 27.7 Å². The quantitative estimate of drug-likeness (QED) is 0.673. The minimum Gasteiger partial charge on any atom is -0.464 e. The molecule has 3 heterocycles. The zero-order chi connectivity index (χ0) is 14.1. The van der Waals surface area contributed by atoms with Gasteiger partial charge in [-0.15, -0.1) is 11.3 Å². The number of nitrogens with zero attached hydrogens (tertiary/aromatic N) is 4. The normalized spacial score (nSPS) is 10.4. The molecule has 0 amide bonds. The number of hydrogen-bond acceptors (Lipinski definition) is 6. The summed E-state index contributed by atoms with van der Waals surface area (Å²) in [7, 11) is 1.30. The van der Waals surface area contributed by atoms with Crippen LogP contribution in [0.5, 0.6) is 0 Å². The minimum absolute atomic E-state index is 0.238. The first kappa shape index (κ1) is 12.3. The lowest BCUT2D eigenvalue weighted by molar-refractivity contribution is 0.0590. The summed E-state index contributed by atoms with van der Waals surface area (Å²) in [6, 6.07) is 7.41. The zero-order valence-electron chi connectivity index (χ0n) is 10.4. The Morgan fingerprint density at radius 1 is 1.55 bits per heavy atom. The van der Waals surface area contributed by atoms with Crippen LogP contribution in [0.3, 0.4) is 0 Å². The molecule has 0 unspecified atom stereocenters. The van der Waals surface area contributed by atoms with Crippen molar-refractivity contribution in [1.82, 2.24) is 14.6 Å². The third kappa shape index (κ3) is 1.83.